The highest BCUT2D eigenvalue weighted by Crippen LogP contribution is 2.31. The lowest BCUT2D eigenvalue weighted by molar-refractivity contribution is -0.156. The van der Waals surface area contributed by atoms with Crippen LogP contribution >= 0.6 is 0 Å². The van der Waals surface area contributed by atoms with Crippen LogP contribution < -0.4 is 0 Å². The maximum atomic E-state index is 12.6. The van der Waals surface area contributed by atoms with Crippen LogP contribution in [0.2, 0.25) is 0 Å². The average molecular weight is 537 g/mol. The average Bonchev–Trinajstić information content (AvgIpc) is 2.90. The van der Waals surface area contributed by atoms with Crippen molar-refractivity contribution in [2.45, 2.75) is 157 Å². The molecule has 1 saturated carbocycles. The summed E-state index contributed by atoms with van der Waals surface area (Å²) in [5, 5.41) is 0. The Morgan fingerprint density at radius 2 is 0.842 bits per heavy atom. The molecule has 0 amide bonds. The van der Waals surface area contributed by atoms with Crippen LogP contribution in [0.1, 0.15) is 157 Å². The summed E-state index contributed by atoms with van der Waals surface area (Å²) in [6.07, 6.45) is 20.8. The summed E-state index contributed by atoms with van der Waals surface area (Å²) in [5.41, 5.74) is 0. The molecule has 1 rings (SSSR count). The second kappa shape index (κ2) is 21.7. The van der Waals surface area contributed by atoms with Crippen molar-refractivity contribution in [1.82, 2.24) is 0 Å². The molecule has 0 aromatic carbocycles. The van der Waals surface area contributed by atoms with Crippen LogP contribution in [0, 0.1) is 35.5 Å². The molecule has 0 radical (unpaired) electrons. The normalized spacial score (nSPS) is 20.9. The van der Waals surface area contributed by atoms with E-state index in [0.717, 1.165) is 50.4 Å². The van der Waals surface area contributed by atoms with Crippen molar-refractivity contribution < 1.29 is 19.1 Å². The van der Waals surface area contributed by atoms with E-state index in [2.05, 4.69) is 41.5 Å². The first-order valence-electron chi connectivity index (χ1n) is 16.6. The van der Waals surface area contributed by atoms with Crippen LogP contribution in [0.15, 0.2) is 0 Å². The van der Waals surface area contributed by atoms with Gasteiger partial charge < -0.3 is 9.47 Å². The highest BCUT2D eigenvalue weighted by Gasteiger charge is 2.32. The molecule has 1 aliphatic carbocycles. The summed E-state index contributed by atoms with van der Waals surface area (Å²) in [4.78, 5) is 25.2. The van der Waals surface area contributed by atoms with Crippen molar-refractivity contribution >= 4 is 11.9 Å². The van der Waals surface area contributed by atoms with Gasteiger partial charge in [-0.1, -0.05) is 119 Å². The number of hydrogen-bond acceptors (Lipinski definition) is 4. The third-order valence-electron chi connectivity index (χ3n) is 8.76. The largest absolute Gasteiger partial charge is 0.465 e. The lowest BCUT2D eigenvalue weighted by Crippen LogP contribution is -2.29. The number of carbonyl (C=O) groups is 2. The van der Waals surface area contributed by atoms with Crippen LogP contribution in [0.25, 0.3) is 0 Å². The summed E-state index contributed by atoms with van der Waals surface area (Å²) in [7, 11) is 0. The van der Waals surface area contributed by atoms with Gasteiger partial charge in [0.25, 0.3) is 0 Å². The molecule has 0 heterocycles. The predicted octanol–water partition coefficient (Wildman–Crippen LogP) is 9.92. The number of ether oxygens (including phenoxy) is 2. The van der Waals surface area contributed by atoms with Gasteiger partial charge in [0.15, 0.2) is 0 Å². The van der Waals surface area contributed by atoms with E-state index in [1.54, 1.807) is 0 Å². The molecule has 38 heavy (non-hydrogen) atoms. The van der Waals surface area contributed by atoms with E-state index in [9.17, 15) is 9.59 Å². The Balaban J connectivity index is 2.10. The van der Waals surface area contributed by atoms with E-state index in [4.69, 9.17) is 9.47 Å². The number of esters is 2. The molecule has 0 bridgehead atoms. The molecule has 0 N–H and O–H groups in total. The molecule has 1 fully saturated rings. The van der Waals surface area contributed by atoms with Crippen LogP contribution in [0.5, 0.6) is 0 Å². The van der Waals surface area contributed by atoms with Crippen molar-refractivity contribution in [3.63, 3.8) is 0 Å². The molecular weight excluding hydrogens is 472 g/mol. The third-order valence-corrected chi connectivity index (χ3v) is 8.76. The summed E-state index contributed by atoms with van der Waals surface area (Å²) >= 11 is 0. The van der Waals surface area contributed by atoms with Gasteiger partial charge in [0.05, 0.1) is 25.0 Å². The van der Waals surface area contributed by atoms with Crippen LogP contribution in [0.4, 0.5) is 0 Å². The van der Waals surface area contributed by atoms with Gasteiger partial charge in [0, 0.05) is 0 Å². The SMILES string of the molecule is CCCC(C)CCCCCC(C)COC(=O)C1CCC(C(=O)OCC(C)CCCCCC(C)CCC)CC1. The summed E-state index contributed by atoms with van der Waals surface area (Å²) in [6.45, 7) is 14.7. The summed E-state index contributed by atoms with van der Waals surface area (Å²) in [6, 6.07) is 0. The fraction of sp³-hybridized carbons (Fsp3) is 0.941. The zero-order valence-electron chi connectivity index (χ0n) is 26.2. The standard InChI is InChI=1S/C34H64O4/c1-7-15-27(3)17-11-9-13-19-29(5)25-37-33(35)31-21-23-32(24-22-31)34(36)38-26-30(6)20-14-10-12-18-28(4)16-8-2/h27-32H,7-26H2,1-6H3. The second-order valence-corrected chi connectivity index (χ2v) is 13.1. The highest BCUT2D eigenvalue weighted by molar-refractivity contribution is 5.75. The number of rotatable bonds is 22. The van der Waals surface area contributed by atoms with E-state index < -0.39 is 0 Å². The maximum Gasteiger partial charge on any atom is 0.308 e. The Labute approximate surface area is 236 Å². The molecule has 1 aliphatic rings. The number of hydrogen-bond donors (Lipinski definition) is 0. The minimum atomic E-state index is -0.0604. The van der Waals surface area contributed by atoms with Gasteiger partial charge in [-0.05, 0) is 62.2 Å². The molecule has 0 aliphatic heterocycles. The first-order chi connectivity index (χ1) is 18.3. The first-order valence-corrected chi connectivity index (χ1v) is 16.6. The molecule has 0 aromatic heterocycles. The highest BCUT2D eigenvalue weighted by atomic mass is 16.5. The molecule has 4 atom stereocenters. The Bertz CT molecular complexity index is 543. The van der Waals surface area contributed by atoms with Gasteiger partial charge in [-0.25, -0.2) is 0 Å². The van der Waals surface area contributed by atoms with E-state index in [1.807, 2.05) is 0 Å². The molecule has 0 aromatic rings. The topological polar surface area (TPSA) is 52.6 Å². The van der Waals surface area contributed by atoms with Crippen molar-refractivity contribution in [3.05, 3.63) is 0 Å². The molecular formula is C34H64O4. The Kier molecular flexibility index (Phi) is 20.0. The predicted molar refractivity (Wildman–Crippen MR) is 160 cm³/mol. The molecule has 0 spiro atoms. The van der Waals surface area contributed by atoms with E-state index in [0.29, 0.717) is 25.0 Å². The first kappa shape index (κ1) is 35.0. The molecule has 0 saturated heterocycles. The second-order valence-electron chi connectivity index (χ2n) is 13.1. The fourth-order valence-electron chi connectivity index (χ4n) is 6.01. The minimum absolute atomic E-state index is 0.0507. The molecule has 224 valence electrons. The van der Waals surface area contributed by atoms with E-state index in [1.165, 1.54) is 77.0 Å². The van der Waals surface area contributed by atoms with Crippen molar-refractivity contribution in [3.8, 4) is 0 Å². The summed E-state index contributed by atoms with van der Waals surface area (Å²) in [5.74, 6) is 2.32. The van der Waals surface area contributed by atoms with Crippen molar-refractivity contribution in [2.75, 3.05) is 13.2 Å². The van der Waals surface area contributed by atoms with Crippen molar-refractivity contribution in [1.29, 1.82) is 0 Å². The van der Waals surface area contributed by atoms with Gasteiger partial charge in [-0.3, -0.25) is 9.59 Å². The minimum Gasteiger partial charge on any atom is -0.465 e. The van der Waals surface area contributed by atoms with Crippen LogP contribution in [-0.4, -0.2) is 25.2 Å². The van der Waals surface area contributed by atoms with Gasteiger partial charge >= 0.3 is 11.9 Å². The third kappa shape index (κ3) is 16.8. The van der Waals surface area contributed by atoms with Crippen LogP contribution in [-0.2, 0) is 19.1 Å². The van der Waals surface area contributed by atoms with Gasteiger partial charge in [-0.2, -0.15) is 0 Å². The van der Waals surface area contributed by atoms with Gasteiger partial charge in [-0.15, -0.1) is 0 Å². The fourth-order valence-corrected chi connectivity index (χ4v) is 6.01. The molecule has 4 unspecified atom stereocenters. The monoisotopic (exact) mass is 536 g/mol. The smallest absolute Gasteiger partial charge is 0.308 e. The Hall–Kier alpha value is -1.06. The van der Waals surface area contributed by atoms with Gasteiger partial charge in [0.1, 0.15) is 0 Å². The Morgan fingerprint density at radius 1 is 0.526 bits per heavy atom. The number of unbranched alkanes of at least 4 members (excludes halogenated alkanes) is 4. The van der Waals surface area contributed by atoms with Crippen molar-refractivity contribution in [2.24, 2.45) is 35.5 Å². The maximum absolute atomic E-state index is 12.6. The lowest BCUT2D eigenvalue weighted by atomic mass is 9.82. The van der Waals surface area contributed by atoms with Crippen LogP contribution in [0.3, 0.4) is 0 Å². The Morgan fingerprint density at radius 3 is 1.16 bits per heavy atom. The van der Waals surface area contributed by atoms with E-state index >= 15 is 0 Å². The summed E-state index contributed by atoms with van der Waals surface area (Å²) < 4.78 is 11.3. The number of carbonyl (C=O) groups excluding carboxylic acids is 2. The molecule has 4 nitrogen and oxygen atoms in total. The quantitative estimate of drug-likeness (QED) is 0.102. The zero-order valence-corrected chi connectivity index (χ0v) is 26.2. The lowest BCUT2D eigenvalue weighted by Gasteiger charge is -2.26. The molecule has 4 heteroatoms. The van der Waals surface area contributed by atoms with Gasteiger partial charge in [0.2, 0.25) is 0 Å². The van der Waals surface area contributed by atoms with E-state index in [-0.39, 0.29) is 23.8 Å². The zero-order chi connectivity index (χ0) is 28.2.